The average Bonchev–Trinajstić information content (AvgIpc) is 2.25. The SMILES string of the molecule is CCCCCOc1ccc(C)cc1C(C)(C)C. The third-order valence-electron chi connectivity index (χ3n) is 2.95. The molecule has 0 aliphatic carbocycles. The topological polar surface area (TPSA) is 9.23 Å². The van der Waals surface area contributed by atoms with Gasteiger partial charge < -0.3 is 4.74 Å². The van der Waals surface area contributed by atoms with Gasteiger partial charge in [0.2, 0.25) is 0 Å². The number of rotatable bonds is 5. The molecule has 0 spiro atoms. The van der Waals surface area contributed by atoms with E-state index >= 15 is 0 Å². The van der Waals surface area contributed by atoms with E-state index in [1.807, 2.05) is 0 Å². The maximum absolute atomic E-state index is 5.92. The van der Waals surface area contributed by atoms with Crippen LogP contribution in [0, 0.1) is 6.92 Å². The highest BCUT2D eigenvalue weighted by molar-refractivity contribution is 5.41. The summed E-state index contributed by atoms with van der Waals surface area (Å²) in [5.74, 6) is 1.05. The van der Waals surface area contributed by atoms with Crippen molar-refractivity contribution in [2.24, 2.45) is 0 Å². The van der Waals surface area contributed by atoms with Crippen LogP contribution in [0.2, 0.25) is 0 Å². The summed E-state index contributed by atoms with van der Waals surface area (Å²) in [6.45, 7) is 11.9. The third kappa shape index (κ3) is 4.41. The predicted octanol–water partition coefficient (Wildman–Crippen LogP) is 4.86. The second-order valence-corrected chi connectivity index (χ2v) is 5.81. The number of aryl methyl sites for hydroxylation is 1. The Bertz CT molecular complexity index is 347. The van der Waals surface area contributed by atoms with Gasteiger partial charge in [-0.2, -0.15) is 0 Å². The first-order valence-electron chi connectivity index (χ1n) is 6.69. The van der Waals surface area contributed by atoms with Crippen LogP contribution in [0.3, 0.4) is 0 Å². The van der Waals surface area contributed by atoms with Crippen LogP contribution in [0.1, 0.15) is 58.1 Å². The number of ether oxygens (including phenoxy) is 1. The summed E-state index contributed by atoms with van der Waals surface area (Å²) in [6, 6.07) is 6.49. The lowest BCUT2D eigenvalue weighted by Crippen LogP contribution is -2.14. The van der Waals surface area contributed by atoms with Crippen LogP contribution in [0.4, 0.5) is 0 Å². The highest BCUT2D eigenvalue weighted by Gasteiger charge is 2.18. The largest absolute Gasteiger partial charge is 0.493 e. The lowest BCUT2D eigenvalue weighted by molar-refractivity contribution is 0.298. The van der Waals surface area contributed by atoms with Crippen molar-refractivity contribution >= 4 is 0 Å². The molecule has 0 N–H and O–H groups in total. The molecular weight excluding hydrogens is 208 g/mol. The van der Waals surface area contributed by atoms with Crippen LogP contribution in [0.25, 0.3) is 0 Å². The Morgan fingerprint density at radius 1 is 1.12 bits per heavy atom. The highest BCUT2D eigenvalue weighted by Crippen LogP contribution is 2.32. The van der Waals surface area contributed by atoms with Crippen molar-refractivity contribution in [3.05, 3.63) is 29.3 Å². The number of hydrogen-bond donors (Lipinski definition) is 0. The van der Waals surface area contributed by atoms with Crippen molar-refractivity contribution in [3.63, 3.8) is 0 Å². The molecule has 17 heavy (non-hydrogen) atoms. The van der Waals surface area contributed by atoms with Crippen molar-refractivity contribution in [2.45, 2.75) is 59.3 Å². The van der Waals surface area contributed by atoms with Crippen LogP contribution in [0.15, 0.2) is 18.2 Å². The molecular formula is C16H26O. The van der Waals surface area contributed by atoms with Gasteiger partial charge in [-0.3, -0.25) is 0 Å². The molecule has 1 nitrogen and oxygen atoms in total. The molecule has 0 radical (unpaired) electrons. The molecule has 0 unspecified atom stereocenters. The predicted molar refractivity (Wildman–Crippen MR) is 74.9 cm³/mol. The molecule has 0 aliphatic rings. The first-order chi connectivity index (χ1) is 7.95. The Morgan fingerprint density at radius 3 is 2.41 bits per heavy atom. The second kappa shape index (κ2) is 6.09. The lowest BCUT2D eigenvalue weighted by atomic mass is 9.85. The third-order valence-corrected chi connectivity index (χ3v) is 2.95. The van der Waals surface area contributed by atoms with Crippen molar-refractivity contribution in [1.82, 2.24) is 0 Å². The van der Waals surface area contributed by atoms with Gasteiger partial charge in [0.1, 0.15) is 5.75 Å². The normalized spacial score (nSPS) is 11.6. The van der Waals surface area contributed by atoms with Crippen molar-refractivity contribution in [2.75, 3.05) is 6.61 Å². The summed E-state index contributed by atoms with van der Waals surface area (Å²) in [5, 5.41) is 0. The summed E-state index contributed by atoms with van der Waals surface area (Å²) in [5.41, 5.74) is 2.76. The molecule has 0 saturated heterocycles. The monoisotopic (exact) mass is 234 g/mol. The second-order valence-electron chi connectivity index (χ2n) is 5.81. The van der Waals surface area contributed by atoms with E-state index in [4.69, 9.17) is 4.74 Å². The summed E-state index contributed by atoms with van der Waals surface area (Å²) < 4.78 is 5.92. The van der Waals surface area contributed by atoms with Crippen molar-refractivity contribution < 1.29 is 4.74 Å². The van der Waals surface area contributed by atoms with Gasteiger partial charge in [-0.25, -0.2) is 0 Å². The van der Waals surface area contributed by atoms with Crippen LogP contribution < -0.4 is 4.74 Å². The Balaban J connectivity index is 2.77. The molecule has 0 bridgehead atoms. The van der Waals surface area contributed by atoms with Gasteiger partial charge in [-0.15, -0.1) is 0 Å². The van der Waals surface area contributed by atoms with E-state index in [-0.39, 0.29) is 5.41 Å². The van der Waals surface area contributed by atoms with E-state index in [0.29, 0.717) is 0 Å². The van der Waals surface area contributed by atoms with Gasteiger partial charge in [0.05, 0.1) is 6.61 Å². The van der Waals surface area contributed by atoms with Gasteiger partial charge in [-0.05, 0) is 30.4 Å². The van der Waals surface area contributed by atoms with Crippen LogP contribution in [-0.4, -0.2) is 6.61 Å². The van der Waals surface area contributed by atoms with Gasteiger partial charge in [0, 0.05) is 0 Å². The Labute approximate surface area is 106 Å². The summed E-state index contributed by atoms with van der Waals surface area (Å²) >= 11 is 0. The van der Waals surface area contributed by atoms with E-state index in [1.165, 1.54) is 24.0 Å². The van der Waals surface area contributed by atoms with Gasteiger partial charge in [-0.1, -0.05) is 58.2 Å². The van der Waals surface area contributed by atoms with E-state index in [0.717, 1.165) is 18.8 Å². The molecule has 0 aromatic heterocycles. The van der Waals surface area contributed by atoms with Crippen molar-refractivity contribution in [3.8, 4) is 5.75 Å². The summed E-state index contributed by atoms with van der Waals surface area (Å²) in [7, 11) is 0. The molecule has 0 heterocycles. The lowest BCUT2D eigenvalue weighted by Gasteiger charge is -2.23. The summed E-state index contributed by atoms with van der Waals surface area (Å²) in [6.07, 6.45) is 3.63. The average molecular weight is 234 g/mol. The van der Waals surface area contributed by atoms with E-state index < -0.39 is 0 Å². The Kier molecular flexibility index (Phi) is 5.04. The Hall–Kier alpha value is -0.980. The number of benzene rings is 1. The molecule has 0 amide bonds. The highest BCUT2D eigenvalue weighted by atomic mass is 16.5. The zero-order valence-corrected chi connectivity index (χ0v) is 12.0. The molecule has 1 rings (SSSR count). The standard InChI is InChI=1S/C16H26O/c1-6-7-8-11-17-15-10-9-13(2)12-14(15)16(3,4)5/h9-10,12H,6-8,11H2,1-5H3. The Morgan fingerprint density at radius 2 is 1.82 bits per heavy atom. The van der Waals surface area contributed by atoms with Crippen LogP contribution in [-0.2, 0) is 5.41 Å². The fraction of sp³-hybridized carbons (Fsp3) is 0.625. The molecule has 1 heteroatoms. The molecule has 0 aliphatic heterocycles. The zero-order chi connectivity index (χ0) is 12.9. The minimum atomic E-state index is 0.145. The smallest absolute Gasteiger partial charge is 0.123 e. The van der Waals surface area contributed by atoms with E-state index in [1.54, 1.807) is 0 Å². The molecule has 0 atom stereocenters. The maximum Gasteiger partial charge on any atom is 0.123 e. The molecule has 1 aromatic carbocycles. The minimum absolute atomic E-state index is 0.145. The first-order valence-corrected chi connectivity index (χ1v) is 6.69. The molecule has 0 saturated carbocycles. The fourth-order valence-electron chi connectivity index (χ4n) is 1.89. The van der Waals surface area contributed by atoms with Gasteiger partial charge >= 0.3 is 0 Å². The van der Waals surface area contributed by atoms with Gasteiger partial charge in [0.15, 0.2) is 0 Å². The number of hydrogen-bond acceptors (Lipinski definition) is 1. The van der Waals surface area contributed by atoms with Crippen molar-refractivity contribution in [1.29, 1.82) is 0 Å². The number of unbranched alkanes of at least 4 members (excludes halogenated alkanes) is 2. The fourth-order valence-corrected chi connectivity index (χ4v) is 1.89. The van der Waals surface area contributed by atoms with Gasteiger partial charge in [0.25, 0.3) is 0 Å². The summed E-state index contributed by atoms with van der Waals surface area (Å²) in [4.78, 5) is 0. The molecule has 96 valence electrons. The minimum Gasteiger partial charge on any atom is -0.493 e. The molecule has 0 fully saturated rings. The zero-order valence-electron chi connectivity index (χ0n) is 12.0. The van der Waals surface area contributed by atoms with Crippen LogP contribution in [0.5, 0.6) is 5.75 Å². The first kappa shape index (κ1) is 14.1. The maximum atomic E-state index is 5.92. The van der Waals surface area contributed by atoms with E-state index in [9.17, 15) is 0 Å². The quantitative estimate of drug-likeness (QED) is 0.661. The van der Waals surface area contributed by atoms with E-state index in [2.05, 4.69) is 52.8 Å². The van der Waals surface area contributed by atoms with Crippen LogP contribution >= 0.6 is 0 Å². The molecule has 1 aromatic rings.